The van der Waals surface area contributed by atoms with Crippen LogP contribution in [-0.2, 0) is 26.2 Å². The van der Waals surface area contributed by atoms with Crippen LogP contribution in [0.4, 0.5) is 0 Å². The van der Waals surface area contributed by atoms with E-state index in [0.717, 1.165) is 11.1 Å². The van der Waals surface area contributed by atoms with Crippen LogP contribution in [0.3, 0.4) is 0 Å². The number of carbonyl (C=O) groups excluding carboxylic acids is 2. The van der Waals surface area contributed by atoms with E-state index in [1.165, 1.54) is 11.4 Å². The quantitative estimate of drug-likeness (QED) is 0.553. The zero-order valence-corrected chi connectivity index (χ0v) is 21.9. The minimum atomic E-state index is -3.62. The molecule has 1 atom stereocenters. The maximum atomic E-state index is 13.2. The maximum absolute atomic E-state index is 13.2. The lowest BCUT2D eigenvalue weighted by Crippen LogP contribution is -2.52. The second-order valence-corrected chi connectivity index (χ2v) is 11.7. The summed E-state index contributed by atoms with van der Waals surface area (Å²) in [7, 11) is -2.11. The number of hydrogen-bond acceptors (Lipinski definition) is 4. The summed E-state index contributed by atoms with van der Waals surface area (Å²) in [5.74, 6) is -0.413. The normalized spacial score (nSPS) is 12.9. The van der Waals surface area contributed by atoms with Gasteiger partial charge in [0.15, 0.2) is 0 Å². The SMILES string of the molecule is Cc1ccccc1CN(C(=O)CCCN(C)S(=O)(=O)c1ccccc1)C(C)C(=O)NC(C)(C)C. The number of benzene rings is 2. The summed E-state index contributed by atoms with van der Waals surface area (Å²) >= 11 is 0. The van der Waals surface area contributed by atoms with E-state index >= 15 is 0 Å². The Kier molecular flexibility index (Phi) is 9.41. The Bertz CT molecular complexity index is 1080. The summed E-state index contributed by atoms with van der Waals surface area (Å²) in [6.45, 7) is 9.90. The third kappa shape index (κ3) is 7.67. The van der Waals surface area contributed by atoms with Gasteiger partial charge < -0.3 is 10.2 Å². The van der Waals surface area contributed by atoms with Crippen LogP contribution in [0, 0.1) is 6.92 Å². The van der Waals surface area contributed by atoms with Crippen LogP contribution < -0.4 is 5.32 Å². The number of rotatable bonds is 10. The van der Waals surface area contributed by atoms with Gasteiger partial charge in [0.2, 0.25) is 21.8 Å². The number of aryl methyl sites for hydroxylation is 1. The van der Waals surface area contributed by atoms with Crippen LogP contribution in [-0.4, -0.2) is 54.6 Å². The number of nitrogens with zero attached hydrogens (tertiary/aromatic N) is 2. The topological polar surface area (TPSA) is 86.8 Å². The lowest BCUT2D eigenvalue weighted by Gasteiger charge is -2.32. The molecule has 2 aromatic carbocycles. The standard InChI is InChI=1S/C26H37N3O4S/c1-20-13-10-11-14-22(20)19-29(21(2)25(31)27-26(3,4)5)24(30)17-12-18-28(6)34(32,33)23-15-8-7-9-16-23/h7-11,13-16,21H,12,17-19H2,1-6H3,(H,27,31). The van der Waals surface area contributed by atoms with E-state index in [9.17, 15) is 18.0 Å². The zero-order chi connectivity index (χ0) is 25.5. The molecule has 0 heterocycles. The highest BCUT2D eigenvalue weighted by atomic mass is 32.2. The van der Waals surface area contributed by atoms with Crippen molar-refractivity contribution in [1.82, 2.24) is 14.5 Å². The number of nitrogens with one attached hydrogen (secondary N) is 1. The summed E-state index contributed by atoms with van der Waals surface area (Å²) in [5.41, 5.74) is 1.59. The predicted octanol–water partition coefficient (Wildman–Crippen LogP) is 3.73. The summed E-state index contributed by atoms with van der Waals surface area (Å²) in [5, 5.41) is 2.95. The molecule has 0 bridgehead atoms. The molecule has 34 heavy (non-hydrogen) atoms. The van der Waals surface area contributed by atoms with Crippen molar-refractivity contribution in [2.75, 3.05) is 13.6 Å². The van der Waals surface area contributed by atoms with E-state index in [0.29, 0.717) is 13.0 Å². The van der Waals surface area contributed by atoms with Crippen molar-refractivity contribution in [2.24, 2.45) is 0 Å². The van der Waals surface area contributed by atoms with Crippen molar-refractivity contribution in [1.29, 1.82) is 0 Å². The molecule has 0 radical (unpaired) electrons. The molecule has 2 amide bonds. The van der Waals surface area contributed by atoms with E-state index in [4.69, 9.17) is 0 Å². The summed E-state index contributed by atoms with van der Waals surface area (Å²) in [6, 6.07) is 15.3. The Morgan fingerprint density at radius 2 is 1.59 bits per heavy atom. The lowest BCUT2D eigenvalue weighted by molar-refractivity contribution is -0.141. The van der Waals surface area contributed by atoms with Gasteiger partial charge in [-0.15, -0.1) is 0 Å². The Hall–Kier alpha value is -2.71. The molecular formula is C26H37N3O4S. The van der Waals surface area contributed by atoms with E-state index in [2.05, 4.69) is 5.32 Å². The molecule has 186 valence electrons. The van der Waals surface area contributed by atoms with Crippen molar-refractivity contribution in [2.45, 2.75) is 70.5 Å². The van der Waals surface area contributed by atoms with Gasteiger partial charge in [-0.1, -0.05) is 42.5 Å². The third-order valence-electron chi connectivity index (χ3n) is 5.58. The van der Waals surface area contributed by atoms with E-state index < -0.39 is 21.6 Å². The number of amides is 2. The van der Waals surface area contributed by atoms with E-state index in [1.54, 1.807) is 42.2 Å². The number of carbonyl (C=O) groups is 2. The molecule has 0 aliphatic rings. The molecule has 0 spiro atoms. The van der Waals surface area contributed by atoms with Crippen molar-refractivity contribution in [3.05, 3.63) is 65.7 Å². The van der Waals surface area contributed by atoms with Gasteiger partial charge in [0.1, 0.15) is 6.04 Å². The molecule has 2 aromatic rings. The molecule has 0 aromatic heterocycles. The molecule has 8 heteroatoms. The molecule has 0 saturated carbocycles. The minimum Gasteiger partial charge on any atom is -0.350 e. The van der Waals surface area contributed by atoms with Gasteiger partial charge in [-0.25, -0.2) is 12.7 Å². The van der Waals surface area contributed by atoms with Gasteiger partial charge in [0, 0.05) is 32.1 Å². The Morgan fingerprint density at radius 1 is 1.00 bits per heavy atom. The Balaban J connectivity index is 2.11. The van der Waals surface area contributed by atoms with E-state index in [-0.39, 0.29) is 29.7 Å². The lowest BCUT2D eigenvalue weighted by atomic mass is 10.1. The molecular weight excluding hydrogens is 450 g/mol. The smallest absolute Gasteiger partial charge is 0.242 e. The monoisotopic (exact) mass is 487 g/mol. The molecule has 1 N–H and O–H groups in total. The molecule has 0 saturated heterocycles. The van der Waals surface area contributed by atoms with Crippen LogP contribution >= 0.6 is 0 Å². The first kappa shape index (κ1) is 27.5. The zero-order valence-electron chi connectivity index (χ0n) is 21.0. The van der Waals surface area contributed by atoms with Crippen LogP contribution in [0.5, 0.6) is 0 Å². The Labute approximate surface area is 204 Å². The maximum Gasteiger partial charge on any atom is 0.242 e. The average Bonchev–Trinajstić information content (AvgIpc) is 2.77. The second-order valence-electron chi connectivity index (χ2n) is 9.61. The first-order valence-corrected chi connectivity index (χ1v) is 12.9. The van der Waals surface area contributed by atoms with Gasteiger partial charge >= 0.3 is 0 Å². The van der Waals surface area contributed by atoms with Crippen LogP contribution in [0.25, 0.3) is 0 Å². The van der Waals surface area contributed by atoms with Gasteiger partial charge in [-0.3, -0.25) is 9.59 Å². The minimum absolute atomic E-state index is 0.133. The van der Waals surface area contributed by atoms with Gasteiger partial charge in [-0.05, 0) is 64.3 Å². The highest BCUT2D eigenvalue weighted by Crippen LogP contribution is 2.17. The fraction of sp³-hybridized carbons (Fsp3) is 0.462. The number of hydrogen-bond donors (Lipinski definition) is 1. The molecule has 7 nitrogen and oxygen atoms in total. The van der Waals surface area contributed by atoms with Crippen molar-refractivity contribution < 1.29 is 18.0 Å². The van der Waals surface area contributed by atoms with Crippen LogP contribution in [0.15, 0.2) is 59.5 Å². The van der Waals surface area contributed by atoms with Gasteiger partial charge in [0.25, 0.3) is 0 Å². The van der Waals surface area contributed by atoms with E-state index in [1.807, 2.05) is 52.0 Å². The number of sulfonamides is 1. The van der Waals surface area contributed by atoms with Crippen molar-refractivity contribution >= 4 is 21.8 Å². The molecule has 2 rings (SSSR count). The molecule has 0 aliphatic heterocycles. The second kappa shape index (κ2) is 11.6. The average molecular weight is 488 g/mol. The predicted molar refractivity (Wildman–Crippen MR) is 135 cm³/mol. The fourth-order valence-electron chi connectivity index (χ4n) is 3.52. The molecule has 0 aliphatic carbocycles. The summed E-state index contributed by atoms with van der Waals surface area (Å²) in [6.07, 6.45) is 0.479. The summed E-state index contributed by atoms with van der Waals surface area (Å²) < 4.78 is 26.7. The molecule has 0 fully saturated rings. The fourth-order valence-corrected chi connectivity index (χ4v) is 4.75. The van der Waals surface area contributed by atoms with Crippen molar-refractivity contribution in [3.8, 4) is 0 Å². The highest BCUT2D eigenvalue weighted by Gasteiger charge is 2.29. The van der Waals surface area contributed by atoms with Crippen LogP contribution in [0.1, 0.15) is 51.7 Å². The largest absolute Gasteiger partial charge is 0.350 e. The van der Waals surface area contributed by atoms with Gasteiger partial charge in [-0.2, -0.15) is 0 Å². The van der Waals surface area contributed by atoms with Gasteiger partial charge in [0.05, 0.1) is 4.90 Å². The first-order chi connectivity index (χ1) is 15.8. The highest BCUT2D eigenvalue weighted by molar-refractivity contribution is 7.89. The first-order valence-electron chi connectivity index (χ1n) is 11.5. The Morgan fingerprint density at radius 3 is 2.18 bits per heavy atom. The summed E-state index contributed by atoms with van der Waals surface area (Å²) in [4.78, 5) is 27.9. The van der Waals surface area contributed by atoms with Crippen LogP contribution in [0.2, 0.25) is 0 Å². The molecule has 1 unspecified atom stereocenters. The third-order valence-corrected chi connectivity index (χ3v) is 7.45. The van der Waals surface area contributed by atoms with Crippen molar-refractivity contribution in [3.63, 3.8) is 0 Å².